The molecule has 5 nitrogen and oxygen atoms in total. The molecule has 1 aromatic carbocycles. The van der Waals surface area contributed by atoms with Crippen LogP contribution in [0.1, 0.15) is 18.4 Å². The van der Waals surface area contributed by atoms with Crippen molar-refractivity contribution in [3.8, 4) is 0 Å². The molecule has 7 heteroatoms. The Morgan fingerprint density at radius 2 is 2.22 bits per heavy atom. The van der Waals surface area contributed by atoms with E-state index in [0.29, 0.717) is 25.6 Å². The fraction of sp³-hybridized carbons (Fsp3) is 0.438. The molecule has 1 aromatic heterocycles. The van der Waals surface area contributed by atoms with E-state index in [1.54, 1.807) is 22.0 Å². The summed E-state index contributed by atoms with van der Waals surface area (Å²) in [5.74, 6) is -1.12. The summed E-state index contributed by atoms with van der Waals surface area (Å²) in [6.45, 7) is 2.02. The van der Waals surface area contributed by atoms with Gasteiger partial charge in [-0.15, -0.1) is 5.10 Å². The van der Waals surface area contributed by atoms with E-state index in [-0.39, 0.29) is 17.9 Å². The second-order valence-electron chi connectivity index (χ2n) is 5.89. The number of amides is 1. The Balaban J connectivity index is 1.60. The number of benzene rings is 1. The Hall–Kier alpha value is -2.31. The quantitative estimate of drug-likeness (QED) is 0.866. The average Bonchev–Trinajstić information content (AvgIpc) is 3.03. The lowest BCUT2D eigenvalue weighted by Crippen LogP contribution is -2.42. The molecule has 122 valence electrons. The molecule has 1 atom stereocenters. The van der Waals surface area contributed by atoms with Crippen LogP contribution in [0.15, 0.2) is 30.6 Å². The molecule has 2 aromatic rings. The highest BCUT2D eigenvalue weighted by molar-refractivity contribution is 5.78. The standard InChI is InChI=1S/C16H18F2N4O/c17-14-4-3-13(15(18)9-14)8-16(23)21-6-1-2-12(10-21)11-22-7-5-19-20-22/h3-5,7,9,12H,1-2,6,8,10-11H2. The van der Waals surface area contributed by atoms with Gasteiger partial charge in [0.2, 0.25) is 5.91 Å². The van der Waals surface area contributed by atoms with E-state index in [0.717, 1.165) is 18.9 Å². The molecule has 23 heavy (non-hydrogen) atoms. The van der Waals surface area contributed by atoms with Crippen molar-refractivity contribution >= 4 is 5.91 Å². The lowest BCUT2D eigenvalue weighted by atomic mass is 9.97. The van der Waals surface area contributed by atoms with Gasteiger partial charge in [-0.25, -0.2) is 8.78 Å². The van der Waals surface area contributed by atoms with Crippen molar-refractivity contribution in [2.75, 3.05) is 13.1 Å². The number of nitrogens with zero attached hydrogens (tertiary/aromatic N) is 4. The van der Waals surface area contributed by atoms with E-state index in [2.05, 4.69) is 10.3 Å². The maximum Gasteiger partial charge on any atom is 0.227 e. The van der Waals surface area contributed by atoms with E-state index in [1.807, 2.05) is 0 Å². The Morgan fingerprint density at radius 3 is 2.96 bits per heavy atom. The molecule has 1 fully saturated rings. The molecule has 0 bridgehead atoms. The first-order chi connectivity index (χ1) is 11.1. The average molecular weight is 320 g/mol. The fourth-order valence-electron chi connectivity index (χ4n) is 2.98. The van der Waals surface area contributed by atoms with Crippen LogP contribution < -0.4 is 0 Å². The highest BCUT2D eigenvalue weighted by atomic mass is 19.1. The molecule has 1 aliphatic rings. The van der Waals surface area contributed by atoms with Crippen LogP contribution in [0, 0.1) is 17.6 Å². The van der Waals surface area contributed by atoms with Crippen molar-refractivity contribution in [3.05, 3.63) is 47.8 Å². The fourth-order valence-corrected chi connectivity index (χ4v) is 2.98. The summed E-state index contributed by atoms with van der Waals surface area (Å²) in [5.41, 5.74) is 0.231. The highest BCUT2D eigenvalue weighted by Gasteiger charge is 2.24. The zero-order valence-corrected chi connectivity index (χ0v) is 12.7. The second-order valence-corrected chi connectivity index (χ2v) is 5.89. The Bertz CT molecular complexity index is 675. The molecule has 1 unspecified atom stereocenters. The normalized spacial score (nSPS) is 18.2. The van der Waals surface area contributed by atoms with Crippen LogP contribution >= 0.6 is 0 Å². The van der Waals surface area contributed by atoms with E-state index in [1.165, 1.54) is 12.1 Å². The number of carbonyl (C=O) groups is 1. The molecule has 3 rings (SSSR count). The monoisotopic (exact) mass is 320 g/mol. The molecule has 0 radical (unpaired) electrons. The predicted octanol–water partition coefficient (Wildman–Crippen LogP) is 2.04. The maximum atomic E-state index is 13.7. The van der Waals surface area contributed by atoms with Crippen LogP contribution in [0.3, 0.4) is 0 Å². The van der Waals surface area contributed by atoms with Crippen molar-refractivity contribution < 1.29 is 13.6 Å². The van der Waals surface area contributed by atoms with Gasteiger partial charge in [0.25, 0.3) is 0 Å². The first-order valence-electron chi connectivity index (χ1n) is 7.67. The number of likely N-dealkylation sites (tertiary alicyclic amines) is 1. The molecule has 0 saturated carbocycles. The molecule has 1 aliphatic heterocycles. The van der Waals surface area contributed by atoms with Gasteiger partial charge >= 0.3 is 0 Å². The number of hydrogen-bond acceptors (Lipinski definition) is 3. The van der Waals surface area contributed by atoms with Gasteiger partial charge in [-0.2, -0.15) is 0 Å². The van der Waals surface area contributed by atoms with Gasteiger partial charge < -0.3 is 4.90 Å². The lowest BCUT2D eigenvalue weighted by molar-refractivity contribution is -0.132. The van der Waals surface area contributed by atoms with Crippen LogP contribution in [-0.2, 0) is 17.8 Å². The second kappa shape index (κ2) is 6.85. The minimum Gasteiger partial charge on any atom is -0.342 e. The minimum absolute atomic E-state index is 0.0395. The van der Waals surface area contributed by atoms with Crippen LogP contribution in [-0.4, -0.2) is 38.9 Å². The topological polar surface area (TPSA) is 51.0 Å². The lowest BCUT2D eigenvalue weighted by Gasteiger charge is -2.32. The van der Waals surface area contributed by atoms with Crippen LogP contribution in [0.2, 0.25) is 0 Å². The number of aromatic nitrogens is 3. The van der Waals surface area contributed by atoms with Crippen LogP contribution in [0.4, 0.5) is 8.78 Å². The van der Waals surface area contributed by atoms with E-state index >= 15 is 0 Å². The molecular weight excluding hydrogens is 302 g/mol. The molecule has 0 spiro atoms. The summed E-state index contributed by atoms with van der Waals surface area (Å²) in [4.78, 5) is 14.1. The van der Waals surface area contributed by atoms with Crippen LogP contribution in [0.5, 0.6) is 0 Å². The maximum absolute atomic E-state index is 13.7. The van der Waals surface area contributed by atoms with Gasteiger partial charge in [0.15, 0.2) is 0 Å². The van der Waals surface area contributed by atoms with Crippen molar-refractivity contribution in [1.82, 2.24) is 19.9 Å². The van der Waals surface area contributed by atoms with Gasteiger partial charge in [-0.1, -0.05) is 11.3 Å². The van der Waals surface area contributed by atoms with Gasteiger partial charge in [-0.05, 0) is 30.4 Å². The van der Waals surface area contributed by atoms with Crippen molar-refractivity contribution in [3.63, 3.8) is 0 Å². The summed E-state index contributed by atoms with van der Waals surface area (Å²) in [6, 6.07) is 3.32. The number of carbonyl (C=O) groups excluding carboxylic acids is 1. The molecule has 2 heterocycles. The Morgan fingerprint density at radius 1 is 1.35 bits per heavy atom. The molecular formula is C16H18F2N4O. The number of halogens is 2. The molecule has 1 saturated heterocycles. The van der Waals surface area contributed by atoms with Gasteiger partial charge in [0, 0.05) is 31.9 Å². The van der Waals surface area contributed by atoms with Crippen molar-refractivity contribution in [1.29, 1.82) is 0 Å². The summed E-state index contributed by atoms with van der Waals surface area (Å²) in [7, 11) is 0. The number of hydrogen-bond donors (Lipinski definition) is 0. The van der Waals surface area contributed by atoms with E-state index in [4.69, 9.17) is 0 Å². The number of rotatable bonds is 4. The van der Waals surface area contributed by atoms with Gasteiger partial charge in [-0.3, -0.25) is 9.48 Å². The Kier molecular flexibility index (Phi) is 4.64. The highest BCUT2D eigenvalue weighted by Crippen LogP contribution is 2.19. The summed E-state index contributed by atoms with van der Waals surface area (Å²) < 4.78 is 28.4. The van der Waals surface area contributed by atoms with E-state index < -0.39 is 11.6 Å². The largest absolute Gasteiger partial charge is 0.342 e. The smallest absolute Gasteiger partial charge is 0.227 e. The summed E-state index contributed by atoms with van der Waals surface area (Å²) >= 11 is 0. The van der Waals surface area contributed by atoms with Gasteiger partial charge in [0.05, 0.1) is 12.6 Å². The third kappa shape index (κ3) is 3.91. The molecule has 0 aliphatic carbocycles. The van der Waals surface area contributed by atoms with Crippen molar-refractivity contribution in [2.45, 2.75) is 25.8 Å². The number of piperidine rings is 1. The zero-order valence-electron chi connectivity index (χ0n) is 12.7. The first kappa shape index (κ1) is 15.6. The van der Waals surface area contributed by atoms with Gasteiger partial charge in [0.1, 0.15) is 11.6 Å². The zero-order chi connectivity index (χ0) is 16.2. The summed E-state index contributed by atoms with van der Waals surface area (Å²) in [5, 5.41) is 7.72. The predicted molar refractivity (Wildman–Crippen MR) is 79.4 cm³/mol. The van der Waals surface area contributed by atoms with E-state index in [9.17, 15) is 13.6 Å². The first-order valence-corrected chi connectivity index (χ1v) is 7.67. The molecule has 0 N–H and O–H groups in total. The SMILES string of the molecule is O=C(Cc1ccc(F)cc1F)N1CCCC(Cn2ccnn2)C1. The Labute approximate surface area is 132 Å². The third-order valence-corrected chi connectivity index (χ3v) is 4.15. The third-order valence-electron chi connectivity index (χ3n) is 4.15. The minimum atomic E-state index is -0.672. The van der Waals surface area contributed by atoms with Crippen LogP contribution in [0.25, 0.3) is 0 Å². The molecule has 1 amide bonds. The summed E-state index contributed by atoms with van der Waals surface area (Å²) in [6.07, 6.45) is 5.32. The van der Waals surface area contributed by atoms with Crippen molar-refractivity contribution in [2.24, 2.45) is 5.92 Å².